The summed E-state index contributed by atoms with van der Waals surface area (Å²) < 4.78 is 4.50. The van der Waals surface area contributed by atoms with E-state index in [1.165, 1.54) is 44.5 Å². The van der Waals surface area contributed by atoms with Crippen LogP contribution in [0.5, 0.6) is 0 Å². The van der Waals surface area contributed by atoms with Gasteiger partial charge in [-0.25, -0.2) is 0 Å². The average Bonchev–Trinajstić information content (AvgIpc) is 4.26. The summed E-state index contributed by atoms with van der Waals surface area (Å²) in [6.45, 7) is 9.23. The Balaban J connectivity index is 1.02. The van der Waals surface area contributed by atoms with Crippen LogP contribution in [0.15, 0.2) is 243 Å². The van der Waals surface area contributed by atoms with Gasteiger partial charge in [-0.3, -0.25) is 0 Å². The molecular weight excluding hydrogens is 973 g/mol. The van der Waals surface area contributed by atoms with E-state index in [2.05, 4.69) is 265 Å². The molecule has 2 aliphatic carbocycles. The van der Waals surface area contributed by atoms with Crippen LogP contribution in [-0.2, 0) is 10.8 Å². The molecule has 0 atom stereocenters. The number of para-hydroxylation sites is 4. The molecular formula is C74H52N6. The van der Waals surface area contributed by atoms with Gasteiger partial charge in [0.1, 0.15) is 12.1 Å². The van der Waals surface area contributed by atoms with Crippen molar-refractivity contribution in [1.82, 2.24) is 9.13 Å². The molecule has 11 aromatic carbocycles. The van der Waals surface area contributed by atoms with Crippen LogP contribution in [0, 0.1) is 22.7 Å². The summed E-state index contributed by atoms with van der Waals surface area (Å²) >= 11 is 0. The number of aromatic nitrogens is 2. The second-order valence-electron chi connectivity index (χ2n) is 22.4. The number of fused-ring (bicyclic) bond motifs is 12. The highest BCUT2D eigenvalue weighted by molar-refractivity contribution is 6.15. The molecule has 15 rings (SSSR count). The van der Waals surface area contributed by atoms with Crippen LogP contribution in [-0.4, -0.2) is 9.13 Å². The SMILES string of the molecule is CC1(C)c2ccccc2-c2cc3c4ccc(N(c5ccccc5)c5ccccc5)cc4n(-c4cc(C#N)c(-n5c6cc(N(c7ccccc7)c7ccccc7)ccc6c6cc7c(cc65)C(C)(C)c5ccccc5-7)cc4C#N)c3cc21. The molecule has 13 aromatic rings. The largest absolute Gasteiger partial charge is 0.310 e. The molecule has 2 aliphatic rings. The fraction of sp³-hybridized carbons (Fsp3) is 0.0811. The molecule has 80 heavy (non-hydrogen) atoms. The molecule has 0 fully saturated rings. The van der Waals surface area contributed by atoms with Gasteiger partial charge < -0.3 is 18.9 Å². The lowest BCUT2D eigenvalue weighted by atomic mass is 9.82. The summed E-state index contributed by atoms with van der Waals surface area (Å²) in [7, 11) is 0. The summed E-state index contributed by atoms with van der Waals surface area (Å²) in [6.07, 6.45) is 0. The van der Waals surface area contributed by atoms with Crippen molar-refractivity contribution in [3.8, 4) is 45.8 Å². The van der Waals surface area contributed by atoms with Crippen molar-refractivity contribution in [2.24, 2.45) is 0 Å². The lowest BCUT2D eigenvalue weighted by Crippen LogP contribution is -2.15. The van der Waals surface area contributed by atoms with Crippen LogP contribution >= 0.6 is 0 Å². The van der Waals surface area contributed by atoms with Crippen LogP contribution in [0.4, 0.5) is 34.1 Å². The predicted molar refractivity (Wildman–Crippen MR) is 329 cm³/mol. The molecule has 0 saturated heterocycles. The third-order valence-corrected chi connectivity index (χ3v) is 17.3. The van der Waals surface area contributed by atoms with Crippen LogP contribution in [0.3, 0.4) is 0 Å². The van der Waals surface area contributed by atoms with Crippen LogP contribution < -0.4 is 9.80 Å². The van der Waals surface area contributed by atoms with E-state index in [0.29, 0.717) is 22.5 Å². The molecule has 378 valence electrons. The van der Waals surface area contributed by atoms with Crippen LogP contribution in [0.25, 0.3) is 77.2 Å². The Hall–Kier alpha value is -10.4. The van der Waals surface area contributed by atoms with Gasteiger partial charge in [0.15, 0.2) is 0 Å². The Labute approximate surface area is 465 Å². The maximum absolute atomic E-state index is 11.8. The van der Waals surface area contributed by atoms with Gasteiger partial charge in [-0.15, -0.1) is 0 Å². The molecule has 2 heterocycles. The number of hydrogen-bond donors (Lipinski definition) is 0. The van der Waals surface area contributed by atoms with Crippen molar-refractivity contribution in [2.75, 3.05) is 9.80 Å². The zero-order chi connectivity index (χ0) is 54.0. The molecule has 6 nitrogen and oxygen atoms in total. The fourth-order valence-corrected chi connectivity index (χ4v) is 13.5. The molecule has 6 heteroatoms. The second kappa shape index (κ2) is 17.6. The molecule has 0 bridgehead atoms. The van der Waals surface area contributed by atoms with Crippen molar-refractivity contribution in [2.45, 2.75) is 38.5 Å². The van der Waals surface area contributed by atoms with Crippen molar-refractivity contribution in [1.29, 1.82) is 10.5 Å². The van der Waals surface area contributed by atoms with Gasteiger partial charge in [0.2, 0.25) is 0 Å². The van der Waals surface area contributed by atoms with E-state index in [1.807, 2.05) is 36.4 Å². The first-order valence-corrected chi connectivity index (χ1v) is 27.4. The van der Waals surface area contributed by atoms with E-state index in [4.69, 9.17) is 0 Å². The highest BCUT2D eigenvalue weighted by Gasteiger charge is 2.38. The van der Waals surface area contributed by atoms with Crippen molar-refractivity contribution in [3.05, 3.63) is 276 Å². The zero-order valence-electron chi connectivity index (χ0n) is 44.8. The molecule has 0 saturated carbocycles. The lowest BCUT2D eigenvalue weighted by Gasteiger charge is -2.26. The standard InChI is InChI=1S/C74H52N6/c1-73(2)63-31-19-17-29-55(63)59-41-61-57-35-33-53(77(49-21-9-5-10-22-49)50-23-11-6-12-24-50)39-69(57)79(71(61)43-65(59)73)67-37-48(46-76)68(38-47(67)45-75)80-70-40-54(78(51-25-13-7-14-26-51)52-27-15-8-16-28-52)34-36-58(70)62-42-60-56-30-18-20-32-64(56)74(3,4)66(60)44-72(62)80/h5-44H,1-4H3. The van der Waals surface area contributed by atoms with Crippen LogP contribution in [0.1, 0.15) is 61.1 Å². The molecule has 0 unspecified atom stereocenters. The lowest BCUT2D eigenvalue weighted by molar-refractivity contribution is 0.661. The van der Waals surface area contributed by atoms with Crippen molar-refractivity contribution in [3.63, 3.8) is 0 Å². The highest BCUT2D eigenvalue weighted by atomic mass is 15.2. The van der Waals surface area contributed by atoms with Crippen molar-refractivity contribution >= 4 is 77.7 Å². The summed E-state index contributed by atoms with van der Waals surface area (Å²) in [5.41, 5.74) is 21.4. The van der Waals surface area contributed by atoms with Gasteiger partial charge >= 0.3 is 0 Å². The maximum Gasteiger partial charge on any atom is 0.101 e. The van der Waals surface area contributed by atoms with Gasteiger partial charge in [-0.05, 0) is 154 Å². The molecule has 0 radical (unpaired) electrons. The minimum atomic E-state index is -0.286. The number of benzene rings is 11. The highest BCUT2D eigenvalue weighted by Crippen LogP contribution is 2.54. The zero-order valence-corrected chi connectivity index (χ0v) is 44.8. The second-order valence-corrected chi connectivity index (χ2v) is 22.4. The van der Waals surface area contributed by atoms with E-state index < -0.39 is 0 Å². The normalized spacial score (nSPS) is 13.4. The van der Waals surface area contributed by atoms with Gasteiger partial charge in [-0.1, -0.05) is 161 Å². The van der Waals surface area contributed by atoms with E-state index in [1.54, 1.807) is 0 Å². The third kappa shape index (κ3) is 6.83. The topological polar surface area (TPSA) is 63.9 Å². The molecule has 0 amide bonds. The number of nitriles is 2. The molecule has 0 aliphatic heterocycles. The maximum atomic E-state index is 11.8. The van der Waals surface area contributed by atoms with Crippen molar-refractivity contribution < 1.29 is 0 Å². The van der Waals surface area contributed by atoms with E-state index in [0.717, 1.165) is 77.7 Å². The Morgan fingerprint density at radius 2 is 0.625 bits per heavy atom. The number of nitrogens with zero attached hydrogens (tertiary/aromatic N) is 6. The monoisotopic (exact) mass is 1020 g/mol. The van der Waals surface area contributed by atoms with Gasteiger partial charge in [0.25, 0.3) is 0 Å². The smallest absolute Gasteiger partial charge is 0.101 e. The first kappa shape index (κ1) is 46.9. The number of anilines is 6. The third-order valence-electron chi connectivity index (χ3n) is 17.3. The van der Waals surface area contributed by atoms with Gasteiger partial charge in [0, 0.05) is 66.5 Å². The summed E-state index contributed by atoms with van der Waals surface area (Å²) in [5, 5.41) is 27.8. The Morgan fingerprint density at radius 1 is 0.300 bits per heavy atom. The Morgan fingerprint density at radius 3 is 0.975 bits per heavy atom. The number of hydrogen-bond acceptors (Lipinski definition) is 4. The predicted octanol–water partition coefficient (Wildman–Crippen LogP) is 19.2. The summed E-state index contributed by atoms with van der Waals surface area (Å²) in [5.74, 6) is 0. The quantitative estimate of drug-likeness (QED) is 0.152. The molecule has 2 aromatic heterocycles. The molecule has 0 N–H and O–H groups in total. The van der Waals surface area contributed by atoms with E-state index >= 15 is 0 Å². The van der Waals surface area contributed by atoms with E-state index in [9.17, 15) is 10.5 Å². The minimum Gasteiger partial charge on any atom is -0.310 e. The molecule has 0 spiro atoms. The van der Waals surface area contributed by atoms with E-state index in [-0.39, 0.29) is 10.8 Å². The fourth-order valence-electron chi connectivity index (χ4n) is 13.5. The average molecular weight is 1030 g/mol. The van der Waals surface area contributed by atoms with Gasteiger partial charge in [0.05, 0.1) is 44.6 Å². The Kier molecular flexibility index (Phi) is 10.3. The summed E-state index contributed by atoms with van der Waals surface area (Å²) in [6, 6.07) is 91.4. The first-order valence-electron chi connectivity index (χ1n) is 27.4. The van der Waals surface area contributed by atoms with Gasteiger partial charge in [-0.2, -0.15) is 10.5 Å². The first-order chi connectivity index (χ1) is 39.1. The van der Waals surface area contributed by atoms with Crippen LogP contribution in [0.2, 0.25) is 0 Å². The minimum absolute atomic E-state index is 0.286. The Bertz CT molecular complexity index is 4400. The summed E-state index contributed by atoms with van der Waals surface area (Å²) in [4.78, 5) is 4.55. The number of rotatable bonds is 8.